The van der Waals surface area contributed by atoms with E-state index in [0.29, 0.717) is 5.75 Å². The molecule has 4 rings (SSSR count). The fourth-order valence-corrected chi connectivity index (χ4v) is 3.21. The topological polar surface area (TPSA) is 84.6 Å². The molecule has 0 amide bonds. The standard InChI is InChI=1S/C17H20N2O4/c20-12-3-1-11(2-4-12)19-9-10-7-14(17(21)22)16(8-15(10)18-19)23-13-5-6-13/h7-9,11-13,20H,1-6H2,(H,21,22)/t11-,12+. The lowest BCUT2D eigenvalue weighted by molar-refractivity contribution is 0.0692. The first-order valence-corrected chi connectivity index (χ1v) is 8.21. The highest BCUT2D eigenvalue weighted by Crippen LogP contribution is 2.34. The SMILES string of the molecule is O=C(O)c1cc2cn([C@H]3CC[C@@H](O)CC3)nc2cc1OC1CC1. The largest absolute Gasteiger partial charge is 0.489 e. The number of aliphatic hydroxyl groups is 1. The zero-order chi connectivity index (χ0) is 16.0. The molecule has 6 heteroatoms. The molecule has 2 fully saturated rings. The molecule has 6 nitrogen and oxygen atoms in total. The van der Waals surface area contributed by atoms with Gasteiger partial charge < -0.3 is 14.9 Å². The van der Waals surface area contributed by atoms with Gasteiger partial charge in [0.15, 0.2) is 0 Å². The molecule has 2 aliphatic carbocycles. The van der Waals surface area contributed by atoms with Gasteiger partial charge in [-0.2, -0.15) is 5.10 Å². The second-order valence-electron chi connectivity index (χ2n) is 6.60. The molecule has 1 heterocycles. The number of carboxylic acids is 1. The highest BCUT2D eigenvalue weighted by Gasteiger charge is 2.27. The number of ether oxygens (including phenoxy) is 1. The van der Waals surface area contributed by atoms with Crippen LogP contribution >= 0.6 is 0 Å². The Kier molecular flexibility index (Phi) is 3.49. The van der Waals surface area contributed by atoms with Crippen molar-refractivity contribution in [2.75, 3.05) is 0 Å². The number of rotatable bonds is 4. The summed E-state index contributed by atoms with van der Waals surface area (Å²) in [6.07, 6.45) is 7.19. The van der Waals surface area contributed by atoms with Gasteiger partial charge in [-0.15, -0.1) is 0 Å². The minimum absolute atomic E-state index is 0.146. The molecule has 2 aromatic rings. The molecule has 2 saturated carbocycles. The number of carboxylic acid groups (broad SMARTS) is 1. The van der Waals surface area contributed by atoms with Gasteiger partial charge in [0.2, 0.25) is 0 Å². The second kappa shape index (κ2) is 5.53. The Morgan fingerprint density at radius 3 is 2.57 bits per heavy atom. The maximum atomic E-state index is 11.5. The van der Waals surface area contributed by atoms with Crippen molar-refractivity contribution < 1.29 is 19.7 Å². The Balaban J connectivity index is 1.68. The molecule has 0 unspecified atom stereocenters. The Morgan fingerprint density at radius 2 is 1.91 bits per heavy atom. The molecular weight excluding hydrogens is 296 g/mol. The van der Waals surface area contributed by atoms with Crippen LogP contribution < -0.4 is 4.74 Å². The third-order valence-corrected chi connectivity index (χ3v) is 4.71. The summed E-state index contributed by atoms with van der Waals surface area (Å²) < 4.78 is 7.65. The van der Waals surface area contributed by atoms with Crippen LogP contribution in [0.1, 0.15) is 54.9 Å². The molecule has 2 N–H and O–H groups in total. The van der Waals surface area contributed by atoms with Crippen LogP contribution in [-0.4, -0.2) is 38.2 Å². The van der Waals surface area contributed by atoms with Crippen LogP contribution in [0.15, 0.2) is 18.3 Å². The number of aromatic carboxylic acids is 1. The van der Waals surface area contributed by atoms with Crippen molar-refractivity contribution in [2.45, 2.75) is 56.8 Å². The van der Waals surface area contributed by atoms with Crippen molar-refractivity contribution in [1.29, 1.82) is 0 Å². The number of hydrogen-bond acceptors (Lipinski definition) is 4. The molecular formula is C17H20N2O4. The van der Waals surface area contributed by atoms with Crippen LogP contribution in [0.4, 0.5) is 0 Å². The summed E-state index contributed by atoms with van der Waals surface area (Å²) >= 11 is 0. The van der Waals surface area contributed by atoms with Crippen LogP contribution in [-0.2, 0) is 0 Å². The van der Waals surface area contributed by atoms with Crippen molar-refractivity contribution in [3.05, 3.63) is 23.9 Å². The van der Waals surface area contributed by atoms with Crippen molar-refractivity contribution in [3.8, 4) is 5.75 Å². The van der Waals surface area contributed by atoms with Crippen molar-refractivity contribution >= 4 is 16.9 Å². The lowest BCUT2D eigenvalue weighted by Crippen LogP contribution is -2.21. The van der Waals surface area contributed by atoms with Gasteiger partial charge in [0.25, 0.3) is 0 Å². The predicted octanol–water partition coefficient (Wildman–Crippen LogP) is 2.75. The minimum Gasteiger partial charge on any atom is -0.489 e. The molecule has 23 heavy (non-hydrogen) atoms. The van der Waals surface area contributed by atoms with Crippen molar-refractivity contribution in [1.82, 2.24) is 9.78 Å². The third-order valence-electron chi connectivity index (χ3n) is 4.71. The maximum absolute atomic E-state index is 11.5. The van der Waals surface area contributed by atoms with E-state index in [-0.39, 0.29) is 23.8 Å². The van der Waals surface area contributed by atoms with E-state index in [1.165, 1.54) is 0 Å². The maximum Gasteiger partial charge on any atom is 0.339 e. The van der Waals surface area contributed by atoms with Gasteiger partial charge in [-0.3, -0.25) is 4.68 Å². The van der Waals surface area contributed by atoms with Gasteiger partial charge in [-0.25, -0.2) is 4.79 Å². The van der Waals surface area contributed by atoms with E-state index in [2.05, 4.69) is 5.10 Å². The summed E-state index contributed by atoms with van der Waals surface area (Å²) in [5.74, 6) is -0.562. The second-order valence-corrected chi connectivity index (χ2v) is 6.60. The molecule has 0 atom stereocenters. The summed E-state index contributed by atoms with van der Waals surface area (Å²) in [7, 11) is 0. The average molecular weight is 316 g/mol. The number of fused-ring (bicyclic) bond motifs is 1. The fraction of sp³-hybridized carbons (Fsp3) is 0.529. The van der Waals surface area contributed by atoms with Gasteiger partial charge in [-0.05, 0) is 44.6 Å². The molecule has 0 bridgehead atoms. The van der Waals surface area contributed by atoms with Crippen molar-refractivity contribution in [3.63, 3.8) is 0 Å². The molecule has 122 valence electrons. The van der Waals surface area contributed by atoms with E-state index in [1.807, 2.05) is 10.9 Å². The van der Waals surface area contributed by atoms with E-state index < -0.39 is 5.97 Å². The average Bonchev–Trinajstić information content (AvgIpc) is 3.24. The summed E-state index contributed by atoms with van der Waals surface area (Å²) in [4.78, 5) is 11.5. The zero-order valence-electron chi connectivity index (χ0n) is 12.8. The number of hydrogen-bond donors (Lipinski definition) is 2. The Labute approximate surface area is 133 Å². The van der Waals surface area contributed by atoms with Crippen LogP contribution in [0, 0.1) is 0 Å². The minimum atomic E-state index is -0.976. The lowest BCUT2D eigenvalue weighted by atomic mass is 9.93. The number of benzene rings is 1. The van der Waals surface area contributed by atoms with Crippen LogP contribution in [0.3, 0.4) is 0 Å². The first-order valence-electron chi connectivity index (χ1n) is 8.21. The normalized spacial score (nSPS) is 24.7. The zero-order valence-corrected chi connectivity index (χ0v) is 12.8. The predicted molar refractivity (Wildman–Crippen MR) is 83.9 cm³/mol. The Hall–Kier alpha value is -2.08. The number of carbonyl (C=O) groups is 1. The van der Waals surface area contributed by atoms with Gasteiger partial charge in [0.05, 0.1) is 23.8 Å². The Bertz CT molecular complexity index is 742. The first-order chi connectivity index (χ1) is 11.1. The molecule has 0 radical (unpaired) electrons. The van der Waals surface area contributed by atoms with E-state index in [4.69, 9.17) is 4.74 Å². The molecule has 2 aliphatic rings. The number of nitrogens with zero attached hydrogens (tertiary/aromatic N) is 2. The van der Waals surface area contributed by atoms with Crippen LogP contribution in [0.25, 0.3) is 10.9 Å². The fourth-order valence-electron chi connectivity index (χ4n) is 3.21. The van der Waals surface area contributed by atoms with Gasteiger partial charge in [0, 0.05) is 17.6 Å². The Morgan fingerprint density at radius 1 is 1.17 bits per heavy atom. The van der Waals surface area contributed by atoms with E-state index >= 15 is 0 Å². The number of aliphatic hydroxyl groups excluding tert-OH is 1. The molecule has 1 aromatic carbocycles. The molecule has 0 saturated heterocycles. The smallest absolute Gasteiger partial charge is 0.339 e. The summed E-state index contributed by atoms with van der Waals surface area (Å²) in [6.45, 7) is 0. The van der Waals surface area contributed by atoms with Crippen LogP contribution in [0.5, 0.6) is 5.75 Å². The quantitative estimate of drug-likeness (QED) is 0.906. The van der Waals surface area contributed by atoms with E-state index in [1.54, 1.807) is 12.1 Å². The highest BCUT2D eigenvalue weighted by atomic mass is 16.5. The van der Waals surface area contributed by atoms with Gasteiger partial charge >= 0.3 is 5.97 Å². The molecule has 0 spiro atoms. The summed E-state index contributed by atoms with van der Waals surface area (Å²) in [5, 5.41) is 24.5. The summed E-state index contributed by atoms with van der Waals surface area (Å²) in [5.41, 5.74) is 0.958. The highest BCUT2D eigenvalue weighted by molar-refractivity contribution is 5.96. The van der Waals surface area contributed by atoms with Crippen molar-refractivity contribution in [2.24, 2.45) is 0 Å². The summed E-state index contributed by atoms with van der Waals surface area (Å²) in [6, 6.07) is 3.66. The van der Waals surface area contributed by atoms with Crippen LogP contribution in [0.2, 0.25) is 0 Å². The van der Waals surface area contributed by atoms with E-state index in [0.717, 1.165) is 49.4 Å². The number of aromatic nitrogens is 2. The van der Waals surface area contributed by atoms with Gasteiger partial charge in [-0.1, -0.05) is 0 Å². The molecule has 0 aliphatic heterocycles. The lowest BCUT2D eigenvalue weighted by Gasteiger charge is -2.25. The van der Waals surface area contributed by atoms with Gasteiger partial charge in [0.1, 0.15) is 11.3 Å². The van der Waals surface area contributed by atoms with E-state index in [9.17, 15) is 15.0 Å². The third kappa shape index (κ3) is 2.91. The monoisotopic (exact) mass is 316 g/mol. The first kappa shape index (κ1) is 14.5. The molecule has 1 aromatic heterocycles.